The van der Waals surface area contributed by atoms with E-state index >= 15 is 0 Å². The molecule has 4 N–H and O–H groups in total. The van der Waals surface area contributed by atoms with Gasteiger partial charge in [0.25, 0.3) is 0 Å². The number of rotatable bonds is 9. The first kappa shape index (κ1) is 26.7. The normalized spacial score (nSPS) is 11.1. The second kappa shape index (κ2) is 11.7. The number of nitrogens with two attached hydrogens (primary N) is 1. The van der Waals surface area contributed by atoms with Crippen molar-refractivity contribution in [2.24, 2.45) is 0 Å². The van der Waals surface area contributed by atoms with Crippen LogP contribution in [0.15, 0.2) is 54.9 Å². The van der Waals surface area contributed by atoms with E-state index in [9.17, 15) is 4.79 Å². The van der Waals surface area contributed by atoms with Crippen LogP contribution in [0.25, 0.3) is 0 Å². The summed E-state index contributed by atoms with van der Waals surface area (Å²) in [5.41, 5.74) is 9.34. The number of halogens is 1. The average molecular weight is 508 g/mol. The summed E-state index contributed by atoms with van der Waals surface area (Å²) in [6.45, 7) is 2.57. The van der Waals surface area contributed by atoms with E-state index in [1.807, 2.05) is 38.1 Å². The molecule has 0 aliphatic heterocycles. The summed E-state index contributed by atoms with van der Waals surface area (Å²) >= 11 is 6.41. The summed E-state index contributed by atoms with van der Waals surface area (Å²) in [7, 11) is 7.09. The lowest BCUT2D eigenvalue weighted by Crippen LogP contribution is -2.25. The molecule has 0 atom stereocenters. The molecule has 0 aliphatic carbocycles. The SMILES string of the molecule is COc1cc(C(=N)c2c(N)ncnc2Nc2ccc(Cl)c(N(C)C(=O)/C=C/CN(C)C)c2)ccc1C. The lowest BCUT2D eigenvalue weighted by atomic mass is 10.0. The van der Waals surface area contributed by atoms with Gasteiger partial charge < -0.3 is 25.6 Å². The maximum Gasteiger partial charge on any atom is 0.250 e. The molecule has 1 aromatic heterocycles. The number of nitrogens with zero attached hydrogens (tertiary/aromatic N) is 4. The second-order valence-electron chi connectivity index (χ2n) is 8.39. The number of aromatic nitrogens is 2. The number of aryl methyl sites for hydroxylation is 1. The van der Waals surface area contributed by atoms with Gasteiger partial charge in [-0.15, -0.1) is 0 Å². The molecule has 3 rings (SSSR count). The summed E-state index contributed by atoms with van der Waals surface area (Å²) in [5, 5.41) is 12.4. The molecule has 0 spiro atoms. The number of hydrogen-bond acceptors (Lipinski definition) is 8. The molecule has 10 heteroatoms. The van der Waals surface area contributed by atoms with Crippen LogP contribution in [0.2, 0.25) is 5.02 Å². The van der Waals surface area contributed by atoms with Crippen molar-refractivity contribution in [3.63, 3.8) is 0 Å². The van der Waals surface area contributed by atoms with Crippen molar-refractivity contribution in [1.29, 1.82) is 5.41 Å². The van der Waals surface area contributed by atoms with Gasteiger partial charge in [-0.25, -0.2) is 9.97 Å². The zero-order chi connectivity index (χ0) is 26.4. The molecule has 0 saturated heterocycles. The predicted molar refractivity (Wildman–Crippen MR) is 146 cm³/mol. The van der Waals surface area contributed by atoms with Crippen molar-refractivity contribution in [1.82, 2.24) is 14.9 Å². The first-order valence-corrected chi connectivity index (χ1v) is 11.5. The third-order valence-corrected chi connectivity index (χ3v) is 5.77. The Morgan fingerprint density at radius 3 is 2.64 bits per heavy atom. The highest BCUT2D eigenvalue weighted by Gasteiger charge is 2.19. The van der Waals surface area contributed by atoms with Gasteiger partial charge in [-0.3, -0.25) is 10.2 Å². The van der Waals surface area contributed by atoms with Gasteiger partial charge in [0.15, 0.2) is 0 Å². The number of carbonyl (C=O) groups is 1. The number of nitrogens with one attached hydrogen (secondary N) is 2. The van der Waals surface area contributed by atoms with E-state index in [0.29, 0.717) is 45.6 Å². The van der Waals surface area contributed by atoms with Crippen molar-refractivity contribution in [3.8, 4) is 5.75 Å². The molecule has 0 bridgehead atoms. The van der Waals surface area contributed by atoms with Gasteiger partial charge in [0.1, 0.15) is 23.7 Å². The first-order valence-electron chi connectivity index (χ1n) is 11.1. The van der Waals surface area contributed by atoms with Crippen LogP contribution in [0.5, 0.6) is 5.75 Å². The first-order chi connectivity index (χ1) is 17.1. The van der Waals surface area contributed by atoms with Gasteiger partial charge >= 0.3 is 0 Å². The number of anilines is 4. The largest absolute Gasteiger partial charge is 0.496 e. The molecular formula is C26H30ClN7O2. The summed E-state index contributed by atoms with van der Waals surface area (Å²) in [4.78, 5) is 24.5. The lowest BCUT2D eigenvalue weighted by molar-refractivity contribution is -0.113. The third kappa shape index (κ3) is 6.18. The highest BCUT2D eigenvalue weighted by atomic mass is 35.5. The van der Waals surface area contributed by atoms with Gasteiger partial charge in [-0.2, -0.15) is 0 Å². The Labute approximate surface area is 216 Å². The average Bonchev–Trinajstić information content (AvgIpc) is 2.84. The molecule has 3 aromatic rings. The quantitative estimate of drug-likeness (QED) is 0.292. The molecule has 0 unspecified atom stereocenters. The maximum absolute atomic E-state index is 12.6. The van der Waals surface area contributed by atoms with Crippen LogP contribution >= 0.6 is 11.6 Å². The minimum atomic E-state index is -0.210. The number of benzene rings is 2. The molecule has 188 valence electrons. The number of likely N-dealkylation sites (N-methyl/N-ethyl adjacent to an activating group) is 2. The number of amides is 1. The minimum Gasteiger partial charge on any atom is -0.496 e. The summed E-state index contributed by atoms with van der Waals surface area (Å²) in [6, 6.07) is 10.7. The molecule has 0 radical (unpaired) electrons. The third-order valence-electron chi connectivity index (χ3n) is 5.46. The molecule has 1 amide bonds. The van der Waals surface area contributed by atoms with Gasteiger partial charge in [0.2, 0.25) is 5.91 Å². The van der Waals surface area contributed by atoms with Gasteiger partial charge in [0.05, 0.1) is 29.1 Å². The molecule has 0 aliphatic rings. The summed E-state index contributed by atoms with van der Waals surface area (Å²) in [5.74, 6) is 0.958. The number of hydrogen-bond donors (Lipinski definition) is 3. The standard InChI is InChI=1S/C26H30ClN7O2/c1-16-8-9-17(13-21(16)36-5)24(28)23-25(29)30-15-31-26(23)32-18-10-11-19(27)20(14-18)34(4)22(35)7-6-12-33(2)3/h6-11,13-15,28H,12H2,1-5H3,(H3,29,30,31,32)/b7-6+,28-24?. The Hall–Kier alpha value is -3.95. The number of carbonyl (C=O) groups excluding carboxylic acids is 1. The highest BCUT2D eigenvalue weighted by molar-refractivity contribution is 6.34. The summed E-state index contributed by atoms with van der Waals surface area (Å²) in [6.07, 6.45) is 4.62. The Balaban J connectivity index is 1.93. The van der Waals surface area contributed by atoms with Crippen LogP contribution in [0.4, 0.5) is 23.0 Å². The molecular weight excluding hydrogens is 478 g/mol. The van der Waals surface area contributed by atoms with Gasteiger partial charge in [-0.05, 0) is 50.8 Å². The van der Waals surface area contributed by atoms with E-state index in [1.165, 1.54) is 17.3 Å². The Morgan fingerprint density at radius 2 is 1.94 bits per heavy atom. The molecule has 9 nitrogen and oxygen atoms in total. The van der Waals surface area contributed by atoms with Crippen LogP contribution in [-0.2, 0) is 4.79 Å². The maximum atomic E-state index is 12.6. The van der Waals surface area contributed by atoms with Crippen molar-refractivity contribution >= 4 is 46.2 Å². The van der Waals surface area contributed by atoms with E-state index in [2.05, 4.69) is 15.3 Å². The predicted octanol–water partition coefficient (Wildman–Crippen LogP) is 4.27. The van der Waals surface area contributed by atoms with E-state index < -0.39 is 0 Å². The van der Waals surface area contributed by atoms with Crippen LogP contribution < -0.4 is 20.7 Å². The molecule has 1 heterocycles. The van der Waals surface area contributed by atoms with Gasteiger partial charge in [-0.1, -0.05) is 29.8 Å². The van der Waals surface area contributed by atoms with E-state index in [1.54, 1.807) is 44.5 Å². The Kier molecular flexibility index (Phi) is 8.63. The Bertz CT molecular complexity index is 1310. The van der Waals surface area contributed by atoms with Crippen molar-refractivity contribution in [2.75, 3.05) is 50.7 Å². The zero-order valence-electron chi connectivity index (χ0n) is 21.0. The second-order valence-corrected chi connectivity index (χ2v) is 8.80. The van der Waals surface area contributed by atoms with Crippen LogP contribution in [0, 0.1) is 12.3 Å². The topological polar surface area (TPSA) is 120 Å². The number of ether oxygens (including phenoxy) is 1. The molecule has 0 fully saturated rings. The van der Waals surface area contributed by atoms with E-state index in [-0.39, 0.29) is 17.4 Å². The van der Waals surface area contributed by atoms with E-state index in [4.69, 9.17) is 27.5 Å². The number of methoxy groups -OCH3 is 1. The fourth-order valence-corrected chi connectivity index (χ4v) is 3.68. The van der Waals surface area contributed by atoms with Gasteiger partial charge in [0, 0.05) is 30.9 Å². The highest BCUT2D eigenvalue weighted by Crippen LogP contribution is 2.32. The Morgan fingerprint density at radius 1 is 1.19 bits per heavy atom. The molecule has 2 aromatic carbocycles. The molecule has 36 heavy (non-hydrogen) atoms. The lowest BCUT2D eigenvalue weighted by Gasteiger charge is -2.19. The van der Waals surface area contributed by atoms with Crippen molar-refractivity contribution in [2.45, 2.75) is 6.92 Å². The zero-order valence-corrected chi connectivity index (χ0v) is 21.7. The summed E-state index contributed by atoms with van der Waals surface area (Å²) < 4.78 is 5.40. The monoisotopic (exact) mass is 507 g/mol. The smallest absolute Gasteiger partial charge is 0.250 e. The fourth-order valence-electron chi connectivity index (χ4n) is 3.44. The van der Waals surface area contributed by atoms with Crippen LogP contribution in [0.1, 0.15) is 16.7 Å². The fraction of sp³-hybridized carbons (Fsp3) is 0.231. The van der Waals surface area contributed by atoms with E-state index in [0.717, 1.165) is 5.56 Å². The van der Waals surface area contributed by atoms with Crippen molar-refractivity contribution < 1.29 is 9.53 Å². The molecule has 0 saturated carbocycles. The van der Waals surface area contributed by atoms with Crippen LogP contribution in [-0.4, -0.2) is 61.3 Å². The number of nitrogen functional groups attached to an aromatic ring is 1. The van der Waals surface area contributed by atoms with Crippen molar-refractivity contribution in [3.05, 3.63) is 76.6 Å². The minimum absolute atomic E-state index is 0.140. The van der Waals surface area contributed by atoms with Crippen LogP contribution in [0.3, 0.4) is 0 Å².